The molecule has 0 aliphatic carbocycles. The van der Waals surface area contributed by atoms with Crippen molar-refractivity contribution in [2.45, 2.75) is 33.0 Å². The summed E-state index contributed by atoms with van der Waals surface area (Å²) in [6.07, 6.45) is 7.06. The van der Waals surface area contributed by atoms with E-state index in [2.05, 4.69) is 20.6 Å². The van der Waals surface area contributed by atoms with Gasteiger partial charge < -0.3 is 24.7 Å². The first-order valence-electron chi connectivity index (χ1n) is 12.4. The van der Waals surface area contributed by atoms with Gasteiger partial charge in [-0.15, -0.1) is 0 Å². The highest BCUT2D eigenvalue weighted by Crippen LogP contribution is 2.32. The number of benzene rings is 1. The maximum absolute atomic E-state index is 13.0. The second-order valence-electron chi connectivity index (χ2n) is 9.30. The third-order valence-electron chi connectivity index (χ3n) is 6.24. The average molecular weight is 507 g/mol. The van der Waals surface area contributed by atoms with Crippen LogP contribution in [0.1, 0.15) is 19.4 Å². The SMILES string of the molecule is COc1ccc2cc1OCCN(Cc1ccncc1)CC(=O)N[C@H](C(C)C)C(=O)NCCn1ccnc1-2. The van der Waals surface area contributed by atoms with Gasteiger partial charge in [0.1, 0.15) is 18.5 Å². The number of carbonyl (C=O) groups is 2. The molecule has 10 heteroatoms. The van der Waals surface area contributed by atoms with Gasteiger partial charge in [-0.2, -0.15) is 0 Å². The summed E-state index contributed by atoms with van der Waals surface area (Å²) in [6, 6.07) is 8.90. The molecule has 37 heavy (non-hydrogen) atoms. The first-order chi connectivity index (χ1) is 17.9. The van der Waals surface area contributed by atoms with Crippen molar-refractivity contribution in [2.75, 3.05) is 33.4 Å². The lowest BCUT2D eigenvalue weighted by molar-refractivity contribution is -0.130. The smallest absolute Gasteiger partial charge is 0.242 e. The van der Waals surface area contributed by atoms with Gasteiger partial charge in [-0.3, -0.25) is 19.5 Å². The molecule has 0 unspecified atom stereocenters. The highest BCUT2D eigenvalue weighted by molar-refractivity contribution is 5.88. The number of nitrogens with zero attached hydrogens (tertiary/aromatic N) is 4. The monoisotopic (exact) mass is 506 g/mol. The fourth-order valence-corrected chi connectivity index (χ4v) is 4.29. The summed E-state index contributed by atoms with van der Waals surface area (Å²) < 4.78 is 13.6. The van der Waals surface area contributed by atoms with Crippen molar-refractivity contribution in [1.82, 2.24) is 30.1 Å². The summed E-state index contributed by atoms with van der Waals surface area (Å²) >= 11 is 0. The fraction of sp³-hybridized carbons (Fsp3) is 0.407. The van der Waals surface area contributed by atoms with E-state index in [0.717, 1.165) is 17.0 Å². The third-order valence-corrected chi connectivity index (χ3v) is 6.24. The molecule has 2 aromatic heterocycles. The third kappa shape index (κ3) is 6.85. The molecule has 2 bridgehead atoms. The molecule has 0 radical (unpaired) electrons. The average Bonchev–Trinajstić information content (AvgIpc) is 3.35. The number of carbonyl (C=O) groups excluding carboxylic acids is 2. The number of hydrogen-bond donors (Lipinski definition) is 2. The number of methoxy groups -OCH3 is 1. The van der Waals surface area contributed by atoms with E-state index >= 15 is 0 Å². The molecule has 1 aliphatic heterocycles. The van der Waals surface area contributed by atoms with Gasteiger partial charge >= 0.3 is 0 Å². The van der Waals surface area contributed by atoms with E-state index in [-0.39, 0.29) is 24.3 Å². The number of aromatic nitrogens is 3. The van der Waals surface area contributed by atoms with E-state index < -0.39 is 6.04 Å². The minimum Gasteiger partial charge on any atom is -0.493 e. The van der Waals surface area contributed by atoms with Crippen LogP contribution in [0.5, 0.6) is 11.5 Å². The van der Waals surface area contributed by atoms with E-state index in [1.807, 2.05) is 59.8 Å². The van der Waals surface area contributed by atoms with Gasteiger partial charge in [-0.1, -0.05) is 13.8 Å². The lowest BCUT2D eigenvalue weighted by atomic mass is 10.0. The van der Waals surface area contributed by atoms with Crippen LogP contribution in [0.4, 0.5) is 0 Å². The molecule has 196 valence electrons. The zero-order valence-corrected chi connectivity index (χ0v) is 21.5. The van der Waals surface area contributed by atoms with Crippen LogP contribution in [0.25, 0.3) is 11.4 Å². The number of imidazole rings is 1. The van der Waals surface area contributed by atoms with Crippen molar-refractivity contribution >= 4 is 11.8 Å². The summed E-state index contributed by atoms with van der Waals surface area (Å²) in [5, 5.41) is 5.90. The standard InChI is InChI=1S/C27H34N6O4/c1-19(2)25-27(35)30-11-13-33-12-10-29-26(33)21-4-5-22(36-3)23(16-21)37-15-14-32(18-24(34)31-25)17-20-6-8-28-9-7-20/h4-10,12,16,19,25H,11,13-15,17-18H2,1-3H3,(H,30,35)(H,31,34)/t25-/m1/s1. The van der Waals surface area contributed by atoms with Crippen LogP contribution in [0.2, 0.25) is 0 Å². The Kier molecular flexibility index (Phi) is 8.73. The van der Waals surface area contributed by atoms with Gasteiger partial charge in [-0.25, -0.2) is 4.98 Å². The zero-order chi connectivity index (χ0) is 26.2. The molecule has 2 N–H and O–H groups in total. The van der Waals surface area contributed by atoms with Gasteiger partial charge in [-0.05, 0) is 41.8 Å². The number of amides is 2. The topological polar surface area (TPSA) is 111 Å². The lowest BCUT2D eigenvalue weighted by Crippen LogP contribution is -2.52. The predicted octanol–water partition coefficient (Wildman–Crippen LogP) is 2.11. The van der Waals surface area contributed by atoms with Gasteiger partial charge in [0.15, 0.2) is 11.5 Å². The molecule has 0 saturated carbocycles. The number of nitrogens with one attached hydrogen (secondary N) is 2. The summed E-state index contributed by atoms with van der Waals surface area (Å²) in [5.74, 6) is 1.49. The van der Waals surface area contributed by atoms with Crippen molar-refractivity contribution in [1.29, 1.82) is 0 Å². The Labute approximate surface area is 217 Å². The number of hydrogen-bond acceptors (Lipinski definition) is 7. The van der Waals surface area contributed by atoms with E-state index in [9.17, 15) is 9.59 Å². The largest absolute Gasteiger partial charge is 0.493 e. The molecule has 1 aromatic carbocycles. The fourth-order valence-electron chi connectivity index (χ4n) is 4.29. The van der Waals surface area contributed by atoms with E-state index in [0.29, 0.717) is 44.3 Å². The Balaban J connectivity index is 1.62. The van der Waals surface area contributed by atoms with Crippen molar-refractivity contribution < 1.29 is 19.1 Å². The maximum atomic E-state index is 13.0. The van der Waals surface area contributed by atoms with Gasteiger partial charge in [0, 0.05) is 56.5 Å². The second kappa shape index (κ2) is 12.4. The Hall–Kier alpha value is -3.92. The first kappa shape index (κ1) is 26.2. The number of pyridine rings is 1. The van der Waals surface area contributed by atoms with Gasteiger partial charge in [0.25, 0.3) is 0 Å². The van der Waals surface area contributed by atoms with Crippen molar-refractivity contribution in [2.24, 2.45) is 5.92 Å². The molecule has 1 aliphatic rings. The van der Waals surface area contributed by atoms with Crippen molar-refractivity contribution in [3.8, 4) is 22.9 Å². The van der Waals surface area contributed by atoms with E-state index in [1.54, 1.807) is 25.7 Å². The Morgan fingerprint density at radius 2 is 1.95 bits per heavy atom. The second-order valence-corrected chi connectivity index (χ2v) is 9.30. The quantitative estimate of drug-likeness (QED) is 0.558. The molecular weight excluding hydrogens is 472 g/mol. The molecule has 2 amide bonds. The summed E-state index contributed by atoms with van der Waals surface area (Å²) in [5.41, 5.74) is 1.90. The molecule has 10 nitrogen and oxygen atoms in total. The van der Waals surface area contributed by atoms with Crippen LogP contribution in [0, 0.1) is 5.92 Å². The van der Waals surface area contributed by atoms with Gasteiger partial charge in [0.05, 0.1) is 13.7 Å². The highest BCUT2D eigenvalue weighted by atomic mass is 16.5. The van der Waals surface area contributed by atoms with Crippen LogP contribution in [-0.2, 0) is 22.7 Å². The molecule has 3 heterocycles. The Morgan fingerprint density at radius 1 is 1.14 bits per heavy atom. The Morgan fingerprint density at radius 3 is 2.70 bits per heavy atom. The van der Waals surface area contributed by atoms with Crippen LogP contribution in [0.15, 0.2) is 55.1 Å². The summed E-state index contributed by atoms with van der Waals surface area (Å²) in [6.45, 7) is 6.24. The maximum Gasteiger partial charge on any atom is 0.242 e. The normalized spacial score (nSPS) is 17.8. The molecular formula is C27H34N6O4. The first-order valence-corrected chi connectivity index (χ1v) is 12.4. The van der Waals surface area contributed by atoms with Crippen LogP contribution < -0.4 is 20.1 Å². The van der Waals surface area contributed by atoms with Crippen LogP contribution >= 0.6 is 0 Å². The summed E-state index contributed by atoms with van der Waals surface area (Å²) in [7, 11) is 1.60. The Bertz CT molecular complexity index is 1200. The minimum atomic E-state index is -0.635. The van der Waals surface area contributed by atoms with Crippen LogP contribution in [0.3, 0.4) is 0 Å². The molecule has 0 fully saturated rings. The number of fused-ring (bicyclic) bond motifs is 4. The molecule has 3 aromatic rings. The molecule has 4 rings (SSSR count). The predicted molar refractivity (Wildman–Crippen MR) is 139 cm³/mol. The summed E-state index contributed by atoms with van der Waals surface area (Å²) in [4.78, 5) is 36.6. The van der Waals surface area contributed by atoms with Crippen molar-refractivity contribution in [3.05, 3.63) is 60.7 Å². The van der Waals surface area contributed by atoms with E-state index in [1.165, 1.54) is 0 Å². The number of ether oxygens (including phenoxy) is 2. The molecule has 0 saturated heterocycles. The number of rotatable bonds is 4. The van der Waals surface area contributed by atoms with Gasteiger partial charge in [0.2, 0.25) is 11.8 Å². The lowest BCUT2D eigenvalue weighted by Gasteiger charge is -2.25. The minimum absolute atomic E-state index is 0.0687. The molecule has 1 atom stereocenters. The van der Waals surface area contributed by atoms with Crippen molar-refractivity contribution in [3.63, 3.8) is 0 Å². The van der Waals surface area contributed by atoms with E-state index in [4.69, 9.17) is 9.47 Å². The zero-order valence-electron chi connectivity index (χ0n) is 21.5. The molecule has 0 spiro atoms. The highest BCUT2D eigenvalue weighted by Gasteiger charge is 2.25. The van der Waals surface area contributed by atoms with Crippen LogP contribution in [-0.4, -0.2) is 70.6 Å².